The van der Waals surface area contributed by atoms with Gasteiger partial charge in [0.25, 0.3) is 0 Å². The minimum absolute atomic E-state index is 0.00399. The molecule has 2 amide bonds. The van der Waals surface area contributed by atoms with E-state index in [4.69, 9.17) is 10.5 Å². The Morgan fingerprint density at radius 1 is 1.22 bits per heavy atom. The number of methoxy groups -OCH3 is 1. The molecule has 1 rings (SSSR count). The molecule has 1 unspecified atom stereocenters. The van der Waals surface area contributed by atoms with E-state index in [9.17, 15) is 9.59 Å². The van der Waals surface area contributed by atoms with Crippen LogP contribution in [0.3, 0.4) is 0 Å². The molecule has 1 fully saturated rings. The molecule has 1 aliphatic rings. The van der Waals surface area contributed by atoms with Crippen molar-refractivity contribution in [1.29, 1.82) is 0 Å². The molecule has 0 radical (unpaired) electrons. The van der Waals surface area contributed by atoms with Gasteiger partial charge >= 0.3 is 0 Å². The topological polar surface area (TPSA) is 75.9 Å². The summed E-state index contributed by atoms with van der Waals surface area (Å²) in [5, 5.41) is 0. The van der Waals surface area contributed by atoms with E-state index in [1.165, 1.54) is 7.11 Å². The van der Waals surface area contributed by atoms with Gasteiger partial charge in [0.2, 0.25) is 11.8 Å². The summed E-state index contributed by atoms with van der Waals surface area (Å²) in [4.78, 5) is 27.0. The Bertz CT molecular complexity index is 288. The lowest BCUT2D eigenvalue weighted by Crippen LogP contribution is -2.54. The van der Waals surface area contributed by atoms with Crippen molar-refractivity contribution in [2.45, 2.75) is 25.8 Å². The molecule has 0 spiro atoms. The highest BCUT2D eigenvalue weighted by atomic mass is 16.5. The number of nitrogens with two attached hydrogens (primary N) is 1. The third kappa shape index (κ3) is 3.96. The molecule has 0 bridgehead atoms. The van der Waals surface area contributed by atoms with Gasteiger partial charge in [0.05, 0.1) is 6.04 Å². The van der Waals surface area contributed by atoms with Crippen molar-refractivity contribution in [1.82, 2.24) is 9.80 Å². The normalized spacial score (nSPS) is 17.7. The summed E-state index contributed by atoms with van der Waals surface area (Å²) in [6.07, 6.45) is 1.61. The van der Waals surface area contributed by atoms with Crippen molar-refractivity contribution in [2.75, 3.05) is 39.9 Å². The highest BCUT2D eigenvalue weighted by Crippen LogP contribution is 2.06. The molecule has 0 aromatic heterocycles. The molecule has 18 heavy (non-hydrogen) atoms. The van der Waals surface area contributed by atoms with Crippen LogP contribution in [-0.2, 0) is 14.3 Å². The first-order valence-electron chi connectivity index (χ1n) is 6.41. The van der Waals surface area contributed by atoms with E-state index in [1.54, 1.807) is 9.80 Å². The van der Waals surface area contributed by atoms with Crippen LogP contribution >= 0.6 is 0 Å². The number of hydrogen-bond acceptors (Lipinski definition) is 4. The summed E-state index contributed by atoms with van der Waals surface area (Å²) in [6, 6.07) is -0.406. The van der Waals surface area contributed by atoms with E-state index in [2.05, 4.69) is 0 Å². The Labute approximate surface area is 108 Å². The molecule has 1 saturated heterocycles. The van der Waals surface area contributed by atoms with Gasteiger partial charge in [-0.2, -0.15) is 0 Å². The molecule has 0 saturated carbocycles. The SMILES string of the molecule is CCCC(N)C(=O)N1CCN(C(=O)COC)CC1. The lowest BCUT2D eigenvalue weighted by molar-refractivity contribution is -0.142. The molecular formula is C12H23N3O3. The second-order valence-electron chi connectivity index (χ2n) is 4.53. The van der Waals surface area contributed by atoms with Crippen LogP contribution in [0, 0.1) is 0 Å². The van der Waals surface area contributed by atoms with E-state index in [0.717, 1.165) is 6.42 Å². The van der Waals surface area contributed by atoms with Gasteiger partial charge < -0.3 is 20.3 Å². The van der Waals surface area contributed by atoms with Gasteiger partial charge in [-0.05, 0) is 6.42 Å². The summed E-state index contributed by atoms with van der Waals surface area (Å²) in [6.45, 7) is 4.36. The first kappa shape index (κ1) is 14.9. The fraction of sp³-hybridized carbons (Fsp3) is 0.833. The first-order chi connectivity index (χ1) is 8.60. The number of carbonyl (C=O) groups excluding carboxylic acids is 2. The monoisotopic (exact) mass is 257 g/mol. The number of rotatable bonds is 5. The number of ether oxygens (including phenoxy) is 1. The molecule has 0 aromatic carbocycles. The molecular weight excluding hydrogens is 234 g/mol. The van der Waals surface area contributed by atoms with Crippen molar-refractivity contribution in [3.8, 4) is 0 Å². The molecule has 1 atom stereocenters. The number of carbonyl (C=O) groups is 2. The summed E-state index contributed by atoms with van der Waals surface area (Å²) in [5.41, 5.74) is 5.81. The zero-order valence-corrected chi connectivity index (χ0v) is 11.2. The molecule has 0 aliphatic carbocycles. The van der Waals surface area contributed by atoms with Gasteiger partial charge in [-0.25, -0.2) is 0 Å². The van der Waals surface area contributed by atoms with Crippen molar-refractivity contribution >= 4 is 11.8 Å². The Kier molecular flexibility index (Phi) is 6.07. The van der Waals surface area contributed by atoms with Crippen LogP contribution in [0.15, 0.2) is 0 Å². The molecule has 0 aromatic rings. The van der Waals surface area contributed by atoms with Crippen LogP contribution in [0.1, 0.15) is 19.8 Å². The smallest absolute Gasteiger partial charge is 0.248 e. The van der Waals surface area contributed by atoms with Crippen LogP contribution in [-0.4, -0.2) is 67.6 Å². The van der Waals surface area contributed by atoms with Crippen molar-refractivity contribution in [3.05, 3.63) is 0 Å². The summed E-state index contributed by atoms with van der Waals surface area (Å²) in [5.74, 6) is -0.0295. The van der Waals surface area contributed by atoms with Gasteiger partial charge in [0, 0.05) is 33.3 Å². The van der Waals surface area contributed by atoms with Crippen LogP contribution < -0.4 is 5.73 Å². The molecule has 1 heterocycles. The maximum absolute atomic E-state index is 12.0. The lowest BCUT2D eigenvalue weighted by Gasteiger charge is -2.35. The van der Waals surface area contributed by atoms with Crippen LogP contribution in [0.4, 0.5) is 0 Å². The van der Waals surface area contributed by atoms with Crippen LogP contribution in [0.25, 0.3) is 0 Å². The maximum atomic E-state index is 12.0. The summed E-state index contributed by atoms with van der Waals surface area (Å²) in [7, 11) is 1.50. The average Bonchev–Trinajstić information content (AvgIpc) is 2.38. The maximum Gasteiger partial charge on any atom is 0.248 e. The Morgan fingerprint density at radius 3 is 2.28 bits per heavy atom. The van der Waals surface area contributed by atoms with Gasteiger partial charge in [-0.3, -0.25) is 9.59 Å². The van der Waals surface area contributed by atoms with Gasteiger partial charge in [0.1, 0.15) is 6.61 Å². The molecule has 2 N–H and O–H groups in total. The average molecular weight is 257 g/mol. The van der Waals surface area contributed by atoms with E-state index < -0.39 is 6.04 Å². The second kappa shape index (κ2) is 7.33. The lowest BCUT2D eigenvalue weighted by atomic mass is 10.1. The quantitative estimate of drug-likeness (QED) is 0.715. The molecule has 6 heteroatoms. The van der Waals surface area contributed by atoms with Crippen molar-refractivity contribution in [2.24, 2.45) is 5.73 Å². The minimum atomic E-state index is -0.406. The number of amides is 2. The third-order valence-electron chi connectivity index (χ3n) is 3.13. The standard InChI is InChI=1S/C12H23N3O3/c1-3-4-10(13)12(17)15-7-5-14(6-8-15)11(16)9-18-2/h10H,3-9,13H2,1-2H3. The highest BCUT2D eigenvalue weighted by molar-refractivity contribution is 5.82. The number of hydrogen-bond donors (Lipinski definition) is 1. The Morgan fingerprint density at radius 2 is 1.78 bits per heavy atom. The van der Waals surface area contributed by atoms with Crippen molar-refractivity contribution in [3.63, 3.8) is 0 Å². The largest absolute Gasteiger partial charge is 0.375 e. The zero-order valence-electron chi connectivity index (χ0n) is 11.2. The molecule has 104 valence electrons. The second-order valence-corrected chi connectivity index (χ2v) is 4.53. The van der Waals surface area contributed by atoms with Crippen LogP contribution in [0.2, 0.25) is 0 Å². The van der Waals surface area contributed by atoms with E-state index in [0.29, 0.717) is 32.6 Å². The highest BCUT2D eigenvalue weighted by Gasteiger charge is 2.26. The van der Waals surface area contributed by atoms with Crippen LogP contribution in [0.5, 0.6) is 0 Å². The Hall–Kier alpha value is -1.14. The minimum Gasteiger partial charge on any atom is -0.375 e. The summed E-state index contributed by atoms with van der Waals surface area (Å²) >= 11 is 0. The fourth-order valence-corrected chi connectivity index (χ4v) is 2.06. The fourth-order valence-electron chi connectivity index (χ4n) is 2.06. The zero-order chi connectivity index (χ0) is 13.5. The predicted octanol–water partition coefficient (Wildman–Crippen LogP) is -0.569. The van der Waals surface area contributed by atoms with Crippen molar-refractivity contribution < 1.29 is 14.3 Å². The van der Waals surface area contributed by atoms with Gasteiger partial charge in [-0.15, -0.1) is 0 Å². The van der Waals surface area contributed by atoms with Gasteiger partial charge in [-0.1, -0.05) is 13.3 Å². The molecule has 6 nitrogen and oxygen atoms in total. The molecule has 1 aliphatic heterocycles. The van der Waals surface area contributed by atoms with E-state index >= 15 is 0 Å². The van der Waals surface area contributed by atoms with Gasteiger partial charge in [0.15, 0.2) is 0 Å². The van der Waals surface area contributed by atoms with E-state index in [1.807, 2.05) is 6.92 Å². The third-order valence-corrected chi connectivity index (χ3v) is 3.13. The Balaban J connectivity index is 2.39. The van der Waals surface area contributed by atoms with E-state index in [-0.39, 0.29) is 18.4 Å². The number of nitrogens with zero attached hydrogens (tertiary/aromatic N) is 2. The summed E-state index contributed by atoms with van der Waals surface area (Å²) < 4.78 is 4.81. The number of piperazine rings is 1. The predicted molar refractivity (Wildman–Crippen MR) is 67.9 cm³/mol. The first-order valence-corrected chi connectivity index (χ1v) is 6.41.